The minimum absolute atomic E-state index is 0.270. The lowest BCUT2D eigenvalue weighted by Crippen LogP contribution is -2.41. The van der Waals surface area contributed by atoms with Crippen LogP contribution in [-0.2, 0) is 0 Å². The summed E-state index contributed by atoms with van der Waals surface area (Å²) in [5.74, 6) is 0.00730. The molecule has 0 amide bonds. The molecule has 1 N–H and O–H groups in total. The lowest BCUT2D eigenvalue weighted by Gasteiger charge is -2.36. The third-order valence-corrected chi connectivity index (χ3v) is 5.23. The molecule has 0 bridgehead atoms. The van der Waals surface area contributed by atoms with E-state index < -0.39 is 6.36 Å². The van der Waals surface area contributed by atoms with E-state index >= 15 is 0 Å². The number of fused-ring (bicyclic) bond motifs is 1. The first-order chi connectivity index (χ1) is 13.9. The van der Waals surface area contributed by atoms with E-state index in [1.165, 1.54) is 17.7 Å². The van der Waals surface area contributed by atoms with E-state index in [2.05, 4.69) is 26.5 Å². The quantitative estimate of drug-likeness (QED) is 0.680. The number of hydrogen-bond acceptors (Lipinski definition) is 5. The molecule has 6 nitrogen and oxygen atoms in total. The highest BCUT2D eigenvalue weighted by atomic mass is 19.4. The van der Waals surface area contributed by atoms with Gasteiger partial charge in [0.25, 0.3) is 0 Å². The van der Waals surface area contributed by atoms with Gasteiger partial charge in [0.2, 0.25) is 0 Å². The van der Waals surface area contributed by atoms with Crippen molar-refractivity contribution in [3.8, 4) is 11.4 Å². The van der Waals surface area contributed by atoms with Gasteiger partial charge in [0.15, 0.2) is 5.65 Å². The van der Waals surface area contributed by atoms with Gasteiger partial charge >= 0.3 is 6.36 Å². The first-order valence-electron chi connectivity index (χ1n) is 9.25. The minimum Gasteiger partial charge on any atom is -0.406 e. The number of halogens is 3. The molecule has 4 heterocycles. The fourth-order valence-electron chi connectivity index (χ4n) is 3.72. The number of hydrogen-bond donors (Lipinski definition) is 1. The summed E-state index contributed by atoms with van der Waals surface area (Å²) in [6.07, 6.45) is -2.98. The Bertz CT molecular complexity index is 1080. The van der Waals surface area contributed by atoms with Crippen molar-refractivity contribution in [2.75, 3.05) is 31.1 Å². The molecule has 1 aromatic carbocycles. The zero-order valence-electron chi connectivity index (χ0n) is 15.4. The fraction of sp³-hybridized carbons (Fsp3) is 0.300. The molecule has 5 rings (SSSR count). The van der Waals surface area contributed by atoms with Gasteiger partial charge in [0.1, 0.15) is 5.75 Å². The van der Waals surface area contributed by atoms with Crippen LogP contribution in [0.4, 0.5) is 18.9 Å². The Morgan fingerprint density at radius 3 is 2.41 bits per heavy atom. The van der Waals surface area contributed by atoms with E-state index in [-0.39, 0.29) is 11.7 Å². The topological polar surface area (TPSA) is 55.2 Å². The van der Waals surface area contributed by atoms with Gasteiger partial charge in [-0.3, -0.25) is 0 Å². The SMILES string of the molecule is C=C1CN(c2ccnc3c2c(C2CNC2)nn3-c2ccc(OC(F)(F)F)cc2)C1. The summed E-state index contributed by atoms with van der Waals surface area (Å²) in [6, 6.07) is 7.65. The van der Waals surface area contributed by atoms with Crippen molar-refractivity contribution in [3.05, 3.63) is 54.4 Å². The lowest BCUT2D eigenvalue weighted by molar-refractivity contribution is -0.274. The molecule has 150 valence electrons. The highest BCUT2D eigenvalue weighted by Crippen LogP contribution is 2.37. The van der Waals surface area contributed by atoms with Crippen LogP contribution in [0.15, 0.2) is 48.7 Å². The van der Waals surface area contributed by atoms with Crippen LogP contribution in [0.2, 0.25) is 0 Å². The summed E-state index contributed by atoms with van der Waals surface area (Å²) in [6.45, 7) is 7.29. The van der Waals surface area contributed by atoms with Gasteiger partial charge in [-0.1, -0.05) is 6.58 Å². The number of anilines is 1. The summed E-state index contributed by atoms with van der Waals surface area (Å²) >= 11 is 0. The molecule has 9 heteroatoms. The number of benzene rings is 1. The summed E-state index contributed by atoms with van der Waals surface area (Å²) < 4.78 is 42.9. The van der Waals surface area contributed by atoms with Crippen molar-refractivity contribution >= 4 is 16.7 Å². The van der Waals surface area contributed by atoms with Gasteiger partial charge in [-0.2, -0.15) is 5.10 Å². The van der Waals surface area contributed by atoms with Crippen LogP contribution in [-0.4, -0.2) is 47.3 Å². The van der Waals surface area contributed by atoms with Crippen molar-refractivity contribution in [3.63, 3.8) is 0 Å². The third-order valence-electron chi connectivity index (χ3n) is 5.23. The molecular weight excluding hydrogens is 383 g/mol. The van der Waals surface area contributed by atoms with E-state index in [1.807, 2.05) is 6.07 Å². The Morgan fingerprint density at radius 2 is 1.83 bits per heavy atom. The minimum atomic E-state index is -4.72. The second-order valence-corrected chi connectivity index (χ2v) is 7.33. The van der Waals surface area contributed by atoms with E-state index in [4.69, 9.17) is 5.10 Å². The van der Waals surface area contributed by atoms with Crippen molar-refractivity contribution in [2.24, 2.45) is 0 Å². The van der Waals surface area contributed by atoms with Gasteiger partial charge in [-0.15, -0.1) is 13.2 Å². The molecule has 0 saturated carbocycles. The van der Waals surface area contributed by atoms with Crippen molar-refractivity contribution < 1.29 is 17.9 Å². The molecule has 0 unspecified atom stereocenters. The maximum absolute atomic E-state index is 12.4. The fourth-order valence-corrected chi connectivity index (χ4v) is 3.72. The van der Waals surface area contributed by atoms with Crippen LogP contribution in [0, 0.1) is 0 Å². The van der Waals surface area contributed by atoms with Gasteiger partial charge in [0.05, 0.1) is 22.5 Å². The highest BCUT2D eigenvalue weighted by molar-refractivity contribution is 5.94. The van der Waals surface area contributed by atoms with Crippen LogP contribution >= 0.6 is 0 Å². The predicted molar refractivity (Wildman–Crippen MR) is 103 cm³/mol. The second-order valence-electron chi connectivity index (χ2n) is 7.33. The van der Waals surface area contributed by atoms with Crippen molar-refractivity contribution in [1.82, 2.24) is 20.1 Å². The molecule has 29 heavy (non-hydrogen) atoms. The van der Waals surface area contributed by atoms with Crippen LogP contribution in [0.25, 0.3) is 16.7 Å². The second kappa shape index (κ2) is 6.48. The molecule has 2 aromatic heterocycles. The number of nitrogens with zero attached hydrogens (tertiary/aromatic N) is 4. The Labute approximate surface area is 164 Å². The predicted octanol–water partition coefficient (Wildman–Crippen LogP) is 3.38. The first kappa shape index (κ1) is 18.0. The molecule has 2 fully saturated rings. The lowest BCUT2D eigenvalue weighted by atomic mass is 9.96. The van der Waals surface area contributed by atoms with Gasteiger partial charge < -0.3 is 15.0 Å². The Kier molecular flexibility index (Phi) is 4.02. The summed E-state index contributed by atoms with van der Waals surface area (Å²) in [5, 5.41) is 9.06. The zero-order valence-corrected chi connectivity index (χ0v) is 15.4. The summed E-state index contributed by atoms with van der Waals surface area (Å²) in [4.78, 5) is 6.77. The largest absolute Gasteiger partial charge is 0.573 e. The smallest absolute Gasteiger partial charge is 0.406 e. The molecule has 2 aliphatic heterocycles. The highest BCUT2D eigenvalue weighted by Gasteiger charge is 2.32. The standard InChI is InChI=1S/C20H18F3N5O/c1-12-10-27(11-12)16-6-7-25-19-17(16)18(13-8-24-9-13)26-28(19)14-2-4-15(5-3-14)29-20(21,22)23/h2-7,13,24H,1,8-11H2. The Morgan fingerprint density at radius 1 is 1.10 bits per heavy atom. The number of alkyl halides is 3. The number of pyridine rings is 1. The van der Waals surface area contributed by atoms with E-state index in [9.17, 15) is 13.2 Å². The zero-order chi connectivity index (χ0) is 20.2. The normalized spacial score (nSPS) is 17.3. The molecule has 3 aromatic rings. The monoisotopic (exact) mass is 401 g/mol. The molecule has 2 aliphatic rings. The molecule has 0 aliphatic carbocycles. The Hall–Kier alpha value is -3.07. The molecule has 0 atom stereocenters. The number of aromatic nitrogens is 3. The Balaban J connectivity index is 1.59. The third kappa shape index (κ3) is 3.21. The maximum Gasteiger partial charge on any atom is 0.573 e. The number of ether oxygens (including phenoxy) is 1. The average molecular weight is 401 g/mol. The molecular formula is C20H18F3N5O. The molecule has 0 spiro atoms. The molecule has 2 saturated heterocycles. The van der Waals surface area contributed by atoms with E-state index in [0.29, 0.717) is 11.3 Å². The molecule has 0 radical (unpaired) electrons. The maximum atomic E-state index is 12.4. The summed E-state index contributed by atoms with van der Waals surface area (Å²) in [7, 11) is 0. The van der Waals surface area contributed by atoms with Crippen LogP contribution in [0.1, 0.15) is 11.6 Å². The van der Waals surface area contributed by atoms with E-state index in [1.54, 1.807) is 23.0 Å². The van der Waals surface area contributed by atoms with Crippen molar-refractivity contribution in [2.45, 2.75) is 12.3 Å². The van der Waals surface area contributed by atoms with Crippen LogP contribution < -0.4 is 15.0 Å². The average Bonchev–Trinajstić information content (AvgIpc) is 2.96. The number of rotatable bonds is 4. The summed E-state index contributed by atoms with van der Waals surface area (Å²) in [5.41, 5.74) is 4.50. The van der Waals surface area contributed by atoms with Gasteiger partial charge in [-0.05, 0) is 35.9 Å². The van der Waals surface area contributed by atoms with Crippen molar-refractivity contribution in [1.29, 1.82) is 0 Å². The van der Waals surface area contributed by atoms with Crippen LogP contribution in [0.5, 0.6) is 5.75 Å². The first-order valence-corrected chi connectivity index (χ1v) is 9.25. The number of nitrogens with one attached hydrogen (secondary N) is 1. The van der Waals surface area contributed by atoms with E-state index in [0.717, 1.165) is 42.9 Å². The van der Waals surface area contributed by atoms with Gasteiger partial charge in [0, 0.05) is 38.3 Å². The van der Waals surface area contributed by atoms with Crippen LogP contribution in [0.3, 0.4) is 0 Å². The van der Waals surface area contributed by atoms with Gasteiger partial charge in [-0.25, -0.2) is 9.67 Å².